The number of carboxylic acid groups (broad SMARTS) is 2. The predicted molar refractivity (Wildman–Crippen MR) is 502 cm³/mol. The third-order valence-electron chi connectivity index (χ3n) is 21.5. The second-order valence-electron chi connectivity index (χ2n) is 33.9. The van der Waals surface area contributed by atoms with E-state index in [2.05, 4.69) is 115 Å². The molecule has 53 heteroatoms. The zero-order valence-corrected chi connectivity index (χ0v) is 80.4. The summed E-state index contributed by atoms with van der Waals surface area (Å²) in [6.45, 7) is 10.1. The zero-order valence-electron chi connectivity index (χ0n) is 79.5. The predicted octanol–water partition coefficient (Wildman–Crippen LogP) is -9.31. The van der Waals surface area contributed by atoms with Gasteiger partial charge < -0.3 is 155 Å². The number of H-pyrrole nitrogens is 2. The Balaban J connectivity index is 1.97. The number of carboxylic acids is 2. The highest BCUT2D eigenvalue weighted by atomic mass is 32.2. The van der Waals surface area contributed by atoms with Crippen LogP contribution in [0.3, 0.4) is 0 Å². The highest BCUT2D eigenvalue weighted by Crippen LogP contribution is 2.17. The number of aromatic nitrogens is 4. The van der Waals surface area contributed by atoms with Crippen molar-refractivity contribution in [3.8, 4) is 0 Å². The Morgan fingerprint density at radius 2 is 0.827 bits per heavy atom. The molecular weight excluding hydrogens is 1840 g/mol. The number of guanidine groups is 1. The first-order valence-corrected chi connectivity index (χ1v) is 46.8. The number of imidazole rings is 2. The second kappa shape index (κ2) is 63.0. The maximum Gasteiger partial charge on any atom is 0.305 e. The molecule has 0 aliphatic carbocycles. The molecule has 0 fully saturated rings. The van der Waals surface area contributed by atoms with E-state index in [1.54, 1.807) is 78.1 Å². The van der Waals surface area contributed by atoms with E-state index in [1.807, 2.05) is 0 Å². The monoisotopic (exact) mass is 1980 g/mol. The van der Waals surface area contributed by atoms with Gasteiger partial charge in [0.2, 0.25) is 106 Å². The summed E-state index contributed by atoms with van der Waals surface area (Å²) in [5.74, 6) is -23.3. The molecule has 2 heterocycles. The normalized spacial score (nSPS) is 15.0. The van der Waals surface area contributed by atoms with Crippen LogP contribution < -0.4 is 119 Å². The molecule has 0 unspecified atom stereocenters. The van der Waals surface area contributed by atoms with Gasteiger partial charge >= 0.3 is 11.9 Å². The van der Waals surface area contributed by atoms with Crippen LogP contribution >= 0.6 is 11.8 Å². The van der Waals surface area contributed by atoms with Gasteiger partial charge in [0.1, 0.15) is 96.7 Å². The number of carbonyl (C=O) groups is 20. The highest BCUT2D eigenvalue weighted by Gasteiger charge is 2.41. The number of unbranched alkanes of at least 4 members (excludes halogenated alkanes) is 2. The van der Waals surface area contributed by atoms with Crippen molar-refractivity contribution in [3.05, 3.63) is 72.3 Å². The number of primary amides is 1. The Bertz CT molecular complexity index is 4550. The van der Waals surface area contributed by atoms with Crippen molar-refractivity contribution in [1.29, 1.82) is 0 Å². The van der Waals surface area contributed by atoms with E-state index in [0.29, 0.717) is 11.3 Å². The summed E-state index contributed by atoms with van der Waals surface area (Å²) in [4.78, 5) is 293. The fourth-order valence-electron chi connectivity index (χ4n) is 13.7. The van der Waals surface area contributed by atoms with Crippen molar-refractivity contribution in [2.45, 2.75) is 268 Å². The van der Waals surface area contributed by atoms with Crippen molar-refractivity contribution in [2.24, 2.45) is 51.4 Å². The number of aliphatic imine (C=N–C) groups is 1. The number of aliphatic hydroxyl groups is 3. The summed E-state index contributed by atoms with van der Waals surface area (Å²) in [7, 11) is 0. The first-order valence-electron chi connectivity index (χ1n) is 45.4. The lowest BCUT2D eigenvalue weighted by molar-refractivity contribution is -0.142. The maximum atomic E-state index is 15.0. The smallest absolute Gasteiger partial charge is 0.305 e. The van der Waals surface area contributed by atoms with Crippen LogP contribution in [0.15, 0.2) is 60.4 Å². The highest BCUT2D eigenvalue weighted by molar-refractivity contribution is 7.98. The minimum atomic E-state index is -2.18. The van der Waals surface area contributed by atoms with E-state index in [0.717, 1.165) is 13.8 Å². The number of amides is 18. The van der Waals surface area contributed by atoms with Crippen LogP contribution in [-0.2, 0) is 115 Å². The maximum absolute atomic E-state index is 15.0. The minimum absolute atomic E-state index is 0.0497. The van der Waals surface area contributed by atoms with Gasteiger partial charge in [-0.3, -0.25) is 101 Å². The number of rotatable bonds is 67. The number of aromatic amines is 2. The van der Waals surface area contributed by atoms with Crippen LogP contribution in [0.25, 0.3) is 0 Å². The quantitative estimate of drug-likeness (QED) is 0.0142. The molecule has 139 heavy (non-hydrogen) atoms. The molecule has 1 aromatic carbocycles. The van der Waals surface area contributed by atoms with Crippen LogP contribution in [0.5, 0.6) is 0 Å². The SMILES string of the molecule is CC[C@H](C)[C@H](NC(=O)[C@H](C)NC(=O)[C@H](CC(=O)O)NC(C)=O)C(=O)N[C@@H](CO)C(=O)N[C@@H](Cc1c[nH]cn1)C(=O)N[C@@H](CCCCN)C(=O)N[C@@H](CCCN=C(N)N)C(=O)N[C@@H](Cc1c[nH]cn1)C(=O)N[C@@H](CCCCN)C(=O)N[C@H](C(=O)N[C@@H](CC(=O)O)C(=O)N[C@@H](CO)C(=O)N[C@@H](Cc1ccccc1)C(=O)N[C@H](C(=O)NCC(=O)N[C@@H](CC(C)C)C(=O)N[C@@H](CCSC)C(N)=O)C(C)C)[C@@H](C)O. The Hall–Kier alpha value is -13.5. The van der Waals surface area contributed by atoms with Gasteiger partial charge in [0, 0.05) is 45.1 Å². The third-order valence-corrected chi connectivity index (χ3v) is 22.1. The largest absolute Gasteiger partial charge is 0.481 e. The summed E-state index contributed by atoms with van der Waals surface area (Å²) in [5, 5.41) is 93.2. The molecule has 0 aliphatic rings. The molecule has 34 N–H and O–H groups in total. The van der Waals surface area contributed by atoms with Gasteiger partial charge in [0.15, 0.2) is 5.96 Å². The van der Waals surface area contributed by atoms with Gasteiger partial charge in [-0.1, -0.05) is 78.3 Å². The van der Waals surface area contributed by atoms with Crippen molar-refractivity contribution in [3.63, 3.8) is 0 Å². The lowest BCUT2D eigenvalue weighted by Crippen LogP contribution is -2.63. The number of aliphatic hydroxyl groups excluding tert-OH is 3. The van der Waals surface area contributed by atoms with Gasteiger partial charge in [-0.25, -0.2) is 9.97 Å². The van der Waals surface area contributed by atoms with Crippen molar-refractivity contribution >= 4 is 136 Å². The molecule has 774 valence electrons. The molecule has 0 spiro atoms. The number of nitrogens with two attached hydrogens (primary N) is 5. The molecule has 2 aromatic heterocycles. The summed E-state index contributed by atoms with van der Waals surface area (Å²) in [6.07, 6.45) is 2.38. The number of nitrogens with one attached hydrogen (secondary N) is 19. The molecule has 0 aliphatic heterocycles. The van der Waals surface area contributed by atoms with Gasteiger partial charge in [-0.15, -0.1) is 0 Å². The van der Waals surface area contributed by atoms with Crippen LogP contribution in [0.4, 0.5) is 0 Å². The average Bonchev–Trinajstić information content (AvgIpc) is 1.82. The van der Waals surface area contributed by atoms with E-state index < -0.39 is 278 Å². The molecular formula is C86H139N27O25S. The van der Waals surface area contributed by atoms with Crippen molar-refractivity contribution < 1.29 is 121 Å². The average molecular weight is 1980 g/mol. The van der Waals surface area contributed by atoms with Crippen LogP contribution in [-0.4, -0.2) is 324 Å². The molecule has 0 radical (unpaired) electrons. The number of hydrogen-bond donors (Lipinski definition) is 29. The van der Waals surface area contributed by atoms with Crippen LogP contribution in [0.2, 0.25) is 0 Å². The summed E-state index contributed by atoms with van der Waals surface area (Å²) in [6, 6.07) is -18.2. The second-order valence-corrected chi connectivity index (χ2v) is 34.9. The number of carbonyl (C=O) groups excluding carboxylic acids is 18. The minimum Gasteiger partial charge on any atom is -0.481 e. The van der Waals surface area contributed by atoms with E-state index in [-0.39, 0.29) is 120 Å². The lowest BCUT2D eigenvalue weighted by Gasteiger charge is -2.29. The Morgan fingerprint density at radius 3 is 1.26 bits per heavy atom. The fourth-order valence-corrected chi connectivity index (χ4v) is 14.1. The number of thioether (sulfide) groups is 1. The number of benzene rings is 1. The Morgan fingerprint density at radius 1 is 0.432 bits per heavy atom. The van der Waals surface area contributed by atoms with Gasteiger partial charge in [0.25, 0.3) is 0 Å². The topological polar surface area (TPSA) is 847 Å². The van der Waals surface area contributed by atoms with Gasteiger partial charge in [-0.05, 0) is 126 Å². The van der Waals surface area contributed by atoms with Crippen molar-refractivity contribution in [1.82, 2.24) is 110 Å². The first kappa shape index (κ1) is 120. The summed E-state index contributed by atoms with van der Waals surface area (Å²) < 4.78 is 0. The van der Waals surface area contributed by atoms with Crippen LogP contribution in [0.1, 0.15) is 163 Å². The van der Waals surface area contributed by atoms with Gasteiger partial charge in [-0.2, -0.15) is 11.8 Å². The molecule has 18 atom stereocenters. The first-order chi connectivity index (χ1) is 65.7. The third kappa shape index (κ3) is 44.6. The van der Waals surface area contributed by atoms with Gasteiger partial charge in [0.05, 0.1) is 62.7 Å². The van der Waals surface area contributed by atoms with E-state index in [4.69, 9.17) is 28.7 Å². The lowest BCUT2D eigenvalue weighted by atomic mass is 9.97. The summed E-state index contributed by atoms with van der Waals surface area (Å²) in [5.41, 5.74) is 29.2. The Labute approximate surface area is 807 Å². The molecule has 0 saturated heterocycles. The van der Waals surface area contributed by atoms with Crippen LogP contribution in [0, 0.1) is 17.8 Å². The fraction of sp³-hybridized carbons (Fsp3) is 0.616. The molecule has 0 bridgehead atoms. The number of nitrogens with zero attached hydrogens (tertiary/aromatic N) is 3. The van der Waals surface area contributed by atoms with E-state index in [1.165, 1.54) is 43.7 Å². The van der Waals surface area contributed by atoms with Crippen molar-refractivity contribution in [2.75, 3.05) is 51.4 Å². The van der Waals surface area contributed by atoms with E-state index >= 15 is 0 Å². The number of hydrogen-bond acceptors (Lipinski definition) is 29. The molecule has 3 rings (SSSR count). The summed E-state index contributed by atoms with van der Waals surface area (Å²) >= 11 is 1.42. The standard InChI is InChI=1S/C86H139N27O25S/c1-11-45(6)68(112-71(124)46(7)98-75(128)60(34-65(119)120)99-48(9)117)84(137)110-63(40-115)82(135)107-59(33-51-37-93-42-97-51)78(131)103-53(22-15-17-26-87)72(125)102-55(24-19-28-94-86(90)91)73(126)106-58(32-50-36-92-41-96-50)77(130)104-54(23-16-18-27-88)74(127)113-69(47(8)116)85(138)108-61(35-66(121)122)79(132)109-62(39-114)81(134)105-57(31-49-20-13-12-14-21-49)80(133)111-67(44(4)5)83(136)95-38-64(118)100-56(30-43(2)3)76(129)101-52(70(89)123)25-29-139-10/h12-14,20-21,36-37,41-47,52-63,67-69,114-116H,11,15-19,22-35,38-40,87-88H2,1-10H3,(H2,89,123)(H,92,96)(H,93,97)(H,95,136)(H,98,128)(H,99,117)(H,100,118)(H,101,129)(H,102,125)(H,103,131)(H,104,130)(H,105,134)(H,106,126)(H,107,135)(H,108,138)(H,109,132)(H,110,137)(H,111,133)(H,112,124)(H,113,127)(H,119,120)(H,121,122)(H4,90,91,94)/t45-,46-,47+,52-,53-,54-,55-,56-,57-,58-,59-,60-,61-,62-,63-,67-,68-,69-/m0/s1. The Kier molecular flexibility index (Phi) is 54.3. The van der Waals surface area contributed by atoms with E-state index in [9.17, 15) is 121 Å². The number of aliphatic carboxylic acids is 2. The molecule has 18 amide bonds. The molecule has 3 aromatic rings. The molecule has 0 saturated carbocycles. The molecule has 52 nitrogen and oxygen atoms in total. The zero-order chi connectivity index (χ0) is 104.